The zero-order valence-electron chi connectivity index (χ0n) is 13.7. The molecule has 0 unspecified atom stereocenters. The summed E-state index contributed by atoms with van der Waals surface area (Å²) in [5, 5.41) is 15.3. The van der Waals surface area contributed by atoms with Crippen molar-refractivity contribution in [1.29, 1.82) is 0 Å². The fourth-order valence-electron chi connectivity index (χ4n) is 2.52. The van der Waals surface area contributed by atoms with Crippen LogP contribution in [0.5, 0.6) is 5.75 Å². The van der Waals surface area contributed by atoms with Crippen molar-refractivity contribution < 1.29 is 14.6 Å². The zero-order valence-corrected chi connectivity index (χ0v) is 13.7. The Hall–Kier alpha value is -1.75. The molecule has 1 aromatic carbocycles. The second-order valence-electron chi connectivity index (χ2n) is 6.83. The lowest BCUT2D eigenvalue weighted by atomic mass is 10.1. The molecule has 2 fully saturated rings. The van der Waals surface area contributed by atoms with Crippen molar-refractivity contribution in [3.05, 3.63) is 29.3 Å². The first-order valence-corrected chi connectivity index (χ1v) is 8.54. The molecule has 3 N–H and O–H groups in total. The molecular weight excluding hydrogens is 292 g/mol. The lowest BCUT2D eigenvalue weighted by Crippen LogP contribution is -2.40. The third kappa shape index (κ3) is 5.13. The van der Waals surface area contributed by atoms with Gasteiger partial charge in [-0.05, 0) is 56.1 Å². The highest BCUT2D eigenvalue weighted by Crippen LogP contribution is 2.32. The van der Waals surface area contributed by atoms with Crippen molar-refractivity contribution in [2.24, 2.45) is 11.8 Å². The second-order valence-corrected chi connectivity index (χ2v) is 6.83. The standard InChI is InChI=1S/C18H26N2O3/c1-12-2-5-15(17(8-12)23-11-13-3-4-13)9-19-18(22)20-10-16(21)14-6-7-14/h2,5,8,13-14,16,21H,3-4,6-7,9-11H2,1H3,(H2,19,20,22)/t16-/m1/s1. The number of aryl methyl sites for hydroxylation is 1. The van der Waals surface area contributed by atoms with Gasteiger partial charge in [0.25, 0.3) is 0 Å². The van der Waals surface area contributed by atoms with Gasteiger partial charge in [-0.2, -0.15) is 0 Å². The van der Waals surface area contributed by atoms with E-state index in [2.05, 4.69) is 10.6 Å². The minimum Gasteiger partial charge on any atom is -0.493 e. The topological polar surface area (TPSA) is 70.6 Å². The fraction of sp³-hybridized carbons (Fsp3) is 0.611. The Labute approximate surface area is 137 Å². The second kappa shape index (κ2) is 7.21. The molecule has 0 heterocycles. The van der Waals surface area contributed by atoms with Gasteiger partial charge in [-0.15, -0.1) is 0 Å². The van der Waals surface area contributed by atoms with Crippen molar-refractivity contribution in [2.75, 3.05) is 13.2 Å². The Morgan fingerprint density at radius 1 is 1.30 bits per heavy atom. The highest BCUT2D eigenvalue weighted by molar-refractivity contribution is 5.73. The molecule has 0 aliphatic heterocycles. The summed E-state index contributed by atoms with van der Waals surface area (Å²) in [5.41, 5.74) is 2.13. The summed E-state index contributed by atoms with van der Waals surface area (Å²) in [4.78, 5) is 11.8. The SMILES string of the molecule is Cc1ccc(CNC(=O)NC[C@@H](O)C2CC2)c(OCC2CC2)c1. The Morgan fingerprint density at radius 3 is 2.78 bits per heavy atom. The predicted molar refractivity (Wildman–Crippen MR) is 88.4 cm³/mol. The van der Waals surface area contributed by atoms with Gasteiger partial charge in [0, 0.05) is 18.7 Å². The van der Waals surface area contributed by atoms with Crippen LogP contribution < -0.4 is 15.4 Å². The number of nitrogens with one attached hydrogen (secondary N) is 2. The van der Waals surface area contributed by atoms with Gasteiger partial charge in [-0.1, -0.05) is 12.1 Å². The minimum atomic E-state index is -0.419. The molecule has 23 heavy (non-hydrogen) atoms. The molecule has 2 saturated carbocycles. The molecule has 5 heteroatoms. The highest BCUT2D eigenvalue weighted by atomic mass is 16.5. The lowest BCUT2D eigenvalue weighted by molar-refractivity contribution is 0.149. The van der Waals surface area contributed by atoms with E-state index in [1.807, 2.05) is 25.1 Å². The lowest BCUT2D eigenvalue weighted by Gasteiger charge is -2.14. The fourth-order valence-corrected chi connectivity index (χ4v) is 2.52. The number of amides is 2. The van der Waals surface area contributed by atoms with E-state index in [-0.39, 0.29) is 6.03 Å². The van der Waals surface area contributed by atoms with Crippen molar-refractivity contribution in [1.82, 2.24) is 10.6 Å². The summed E-state index contributed by atoms with van der Waals surface area (Å²) in [7, 11) is 0. The predicted octanol–water partition coefficient (Wildman–Crippen LogP) is 2.35. The summed E-state index contributed by atoms with van der Waals surface area (Å²) < 4.78 is 5.90. The molecule has 126 valence electrons. The maximum Gasteiger partial charge on any atom is 0.315 e. The average Bonchev–Trinajstić information content (AvgIpc) is 3.41. The molecule has 0 spiro atoms. The van der Waals surface area contributed by atoms with E-state index >= 15 is 0 Å². The van der Waals surface area contributed by atoms with Gasteiger partial charge < -0.3 is 20.5 Å². The van der Waals surface area contributed by atoms with Crippen molar-refractivity contribution in [3.63, 3.8) is 0 Å². The first-order valence-electron chi connectivity index (χ1n) is 8.54. The monoisotopic (exact) mass is 318 g/mol. The maximum absolute atomic E-state index is 11.8. The third-order valence-corrected chi connectivity index (χ3v) is 4.47. The van der Waals surface area contributed by atoms with E-state index in [1.54, 1.807) is 0 Å². The van der Waals surface area contributed by atoms with E-state index in [0.717, 1.165) is 36.3 Å². The molecule has 2 aliphatic rings. The number of carbonyl (C=O) groups is 1. The number of hydrogen-bond acceptors (Lipinski definition) is 3. The van der Waals surface area contributed by atoms with Crippen LogP contribution in [-0.4, -0.2) is 30.4 Å². The van der Waals surface area contributed by atoms with E-state index in [4.69, 9.17) is 4.74 Å². The first-order chi connectivity index (χ1) is 11.1. The van der Waals surface area contributed by atoms with E-state index in [1.165, 1.54) is 12.8 Å². The van der Waals surface area contributed by atoms with Crippen LogP contribution in [0.25, 0.3) is 0 Å². The van der Waals surface area contributed by atoms with Crippen molar-refractivity contribution in [3.8, 4) is 5.75 Å². The molecule has 1 atom stereocenters. The van der Waals surface area contributed by atoms with E-state index in [0.29, 0.717) is 24.9 Å². The summed E-state index contributed by atoms with van der Waals surface area (Å²) in [6, 6.07) is 5.79. The summed E-state index contributed by atoms with van der Waals surface area (Å²) in [5.74, 6) is 1.92. The van der Waals surface area contributed by atoms with Crippen LogP contribution in [0, 0.1) is 18.8 Å². The van der Waals surface area contributed by atoms with Gasteiger partial charge in [0.05, 0.1) is 12.7 Å². The van der Waals surface area contributed by atoms with Crippen LogP contribution in [0.2, 0.25) is 0 Å². The van der Waals surface area contributed by atoms with Crippen LogP contribution in [0.4, 0.5) is 4.79 Å². The average molecular weight is 318 g/mol. The van der Waals surface area contributed by atoms with E-state index < -0.39 is 6.10 Å². The molecule has 0 radical (unpaired) electrons. The number of hydrogen-bond donors (Lipinski definition) is 3. The molecule has 2 amide bonds. The third-order valence-electron chi connectivity index (χ3n) is 4.47. The van der Waals surface area contributed by atoms with Crippen molar-refractivity contribution >= 4 is 6.03 Å². The van der Waals surface area contributed by atoms with Gasteiger partial charge in [0.2, 0.25) is 0 Å². The van der Waals surface area contributed by atoms with Crippen LogP contribution in [-0.2, 0) is 6.54 Å². The Bertz CT molecular complexity index is 553. The molecule has 0 saturated heterocycles. The number of urea groups is 1. The van der Waals surface area contributed by atoms with Gasteiger partial charge in [-0.25, -0.2) is 4.79 Å². The van der Waals surface area contributed by atoms with E-state index in [9.17, 15) is 9.90 Å². The number of rotatable bonds is 8. The quantitative estimate of drug-likeness (QED) is 0.689. The van der Waals surface area contributed by atoms with Crippen LogP contribution in [0.1, 0.15) is 36.8 Å². The highest BCUT2D eigenvalue weighted by Gasteiger charge is 2.29. The normalized spacial score (nSPS) is 18.3. The number of ether oxygens (including phenoxy) is 1. The van der Waals surface area contributed by atoms with Crippen LogP contribution in [0.15, 0.2) is 18.2 Å². The number of benzene rings is 1. The van der Waals surface area contributed by atoms with Gasteiger partial charge in [-0.3, -0.25) is 0 Å². The number of aliphatic hydroxyl groups excluding tert-OH is 1. The maximum atomic E-state index is 11.8. The van der Waals surface area contributed by atoms with Gasteiger partial charge in [0.1, 0.15) is 5.75 Å². The minimum absolute atomic E-state index is 0.251. The molecular formula is C18H26N2O3. The van der Waals surface area contributed by atoms with Gasteiger partial charge >= 0.3 is 6.03 Å². The zero-order chi connectivity index (χ0) is 16.2. The molecule has 3 rings (SSSR count). The largest absolute Gasteiger partial charge is 0.493 e. The molecule has 2 aliphatic carbocycles. The van der Waals surface area contributed by atoms with Crippen LogP contribution in [0.3, 0.4) is 0 Å². The van der Waals surface area contributed by atoms with Gasteiger partial charge in [0.15, 0.2) is 0 Å². The molecule has 0 aromatic heterocycles. The molecule has 0 bridgehead atoms. The Morgan fingerprint density at radius 2 is 2.09 bits per heavy atom. The first kappa shape index (κ1) is 16.1. The van der Waals surface area contributed by atoms with Crippen molar-refractivity contribution in [2.45, 2.75) is 45.3 Å². The smallest absolute Gasteiger partial charge is 0.315 e. The van der Waals surface area contributed by atoms with Crippen LogP contribution >= 0.6 is 0 Å². The number of aliphatic hydroxyl groups is 1. The summed E-state index contributed by atoms with van der Waals surface area (Å²) in [6.45, 7) is 3.53. The Balaban J connectivity index is 1.46. The summed E-state index contributed by atoms with van der Waals surface area (Å²) in [6.07, 6.45) is 4.22. The number of carbonyl (C=O) groups excluding carboxylic acids is 1. The molecule has 5 nitrogen and oxygen atoms in total. The molecule has 1 aromatic rings. The summed E-state index contributed by atoms with van der Waals surface area (Å²) >= 11 is 0. The Kier molecular flexibility index (Phi) is 5.06.